The molecule has 0 spiro atoms. The lowest BCUT2D eigenvalue weighted by atomic mass is 10.1. The van der Waals surface area contributed by atoms with Gasteiger partial charge in [0.15, 0.2) is 0 Å². The first-order chi connectivity index (χ1) is 10.1. The largest absolute Gasteiger partial charge is 0.494 e. The molecule has 2 aromatic rings. The molecule has 1 N–H and O–H groups in total. The van der Waals surface area contributed by atoms with Crippen molar-refractivity contribution in [2.75, 3.05) is 13.2 Å². The van der Waals surface area contributed by atoms with E-state index in [1.54, 1.807) is 12.1 Å². The van der Waals surface area contributed by atoms with E-state index in [0.29, 0.717) is 18.0 Å². The lowest BCUT2D eigenvalue weighted by Crippen LogP contribution is -2.24. The molecule has 0 unspecified atom stereocenters. The van der Waals surface area contributed by atoms with Crippen molar-refractivity contribution < 1.29 is 13.2 Å². The molecule has 0 radical (unpaired) electrons. The number of hydrogen-bond acceptors (Lipinski definition) is 3. The van der Waals surface area contributed by atoms with Gasteiger partial charge in [-0.3, -0.25) is 0 Å². The summed E-state index contributed by atoms with van der Waals surface area (Å²) in [4.78, 5) is 0.297. The maximum atomic E-state index is 12.1. The van der Waals surface area contributed by atoms with Crippen molar-refractivity contribution in [1.82, 2.24) is 4.72 Å². The Kier molecular flexibility index (Phi) is 5.20. The number of benzene rings is 2. The molecular weight excluding hydrogens is 286 g/mol. The van der Waals surface area contributed by atoms with Crippen LogP contribution in [0, 0.1) is 0 Å². The van der Waals surface area contributed by atoms with Crippen LogP contribution >= 0.6 is 0 Å². The smallest absolute Gasteiger partial charge is 0.240 e. The Morgan fingerprint density at radius 3 is 2.43 bits per heavy atom. The van der Waals surface area contributed by atoms with Gasteiger partial charge in [-0.15, -0.1) is 0 Å². The Hall–Kier alpha value is -1.59. The van der Waals surface area contributed by atoms with Gasteiger partial charge >= 0.3 is 0 Å². The fourth-order valence-corrected chi connectivity index (χ4v) is 3.17. The molecule has 0 saturated carbocycles. The van der Waals surface area contributed by atoms with Gasteiger partial charge in [0.1, 0.15) is 5.75 Å². The van der Waals surface area contributed by atoms with Crippen LogP contribution in [0.4, 0.5) is 0 Å². The second-order valence-electron chi connectivity index (χ2n) is 4.92. The Morgan fingerprint density at radius 1 is 1.00 bits per heavy atom. The lowest BCUT2D eigenvalue weighted by Gasteiger charge is -2.09. The summed E-state index contributed by atoms with van der Waals surface area (Å²) in [6.45, 7) is 5.12. The summed E-state index contributed by atoms with van der Waals surface area (Å²) in [7, 11) is -3.42. The fraction of sp³-hybridized carbons (Fsp3) is 0.375. The van der Waals surface area contributed by atoms with Gasteiger partial charge in [0.2, 0.25) is 10.0 Å². The minimum Gasteiger partial charge on any atom is -0.494 e. The monoisotopic (exact) mass is 307 g/mol. The van der Waals surface area contributed by atoms with Gasteiger partial charge in [-0.1, -0.05) is 26.0 Å². The maximum absolute atomic E-state index is 12.1. The van der Waals surface area contributed by atoms with E-state index in [9.17, 15) is 8.42 Å². The molecule has 0 aromatic heterocycles. The highest BCUT2D eigenvalue weighted by Gasteiger charge is 2.13. The summed E-state index contributed by atoms with van der Waals surface area (Å²) in [5.74, 6) is 0.809. The van der Waals surface area contributed by atoms with Crippen molar-refractivity contribution in [2.24, 2.45) is 0 Å². The summed E-state index contributed by atoms with van der Waals surface area (Å²) in [5, 5.41) is 1.86. The molecule has 2 aromatic carbocycles. The summed E-state index contributed by atoms with van der Waals surface area (Å²) < 4.78 is 32.4. The highest BCUT2D eigenvalue weighted by molar-refractivity contribution is 7.89. The van der Waals surface area contributed by atoms with Crippen LogP contribution in [0.25, 0.3) is 10.8 Å². The van der Waals surface area contributed by atoms with E-state index >= 15 is 0 Å². The van der Waals surface area contributed by atoms with Crippen LogP contribution in [0.1, 0.15) is 26.7 Å². The van der Waals surface area contributed by atoms with Crippen LogP contribution in [0.5, 0.6) is 5.75 Å². The molecule has 4 nitrogen and oxygen atoms in total. The Balaban J connectivity index is 2.30. The first-order valence-electron chi connectivity index (χ1n) is 7.23. The van der Waals surface area contributed by atoms with Crippen LogP contribution in [0.2, 0.25) is 0 Å². The summed E-state index contributed by atoms with van der Waals surface area (Å²) >= 11 is 0. The van der Waals surface area contributed by atoms with Crippen molar-refractivity contribution in [3.8, 4) is 5.75 Å². The average molecular weight is 307 g/mol. The van der Waals surface area contributed by atoms with Crippen molar-refractivity contribution in [3.05, 3.63) is 36.4 Å². The first kappa shape index (κ1) is 15.8. The molecule has 0 atom stereocenters. The molecular formula is C16H21NO3S. The molecule has 0 fully saturated rings. The SMILES string of the molecule is CCCNS(=O)(=O)c1ccc2cc(OCCC)ccc2c1. The van der Waals surface area contributed by atoms with Crippen molar-refractivity contribution >= 4 is 20.8 Å². The van der Waals surface area contributed by atoms with Crippen LogP contribution < -0.4 is 9.46 Å². The zero-order valence-electron chi connectivity index (χ0n) is 12.4. The lowest BCUT2D eigenvalue weighted by molar-refractivity contribution is 0.318. The van der Waals surface area contributed by atoms with Gasteiger partial charge in [0, 0.05) is 6.54 Å². The molecule has 0 bridgehead atoms. The van der Waals surface area contributed by atoms with E-state index < -0.39 is 10.0 Å². The minimum atomic E-state index is -3.42. The second kappa shape index (κ2) is 6.91. The van der Waals surface area contributed by atoms with E-state index in [2.05, 4.69) is 11.6 Å². The molecule has 0 amide bonds. The summed E-state index contributed by atoms with van der Waals surface area (Å²) in [6, 6.07) is 10.8. The number of sulfonamides is 1. The highest BCUT2D eigenvalue weighted by atomic mass is 32.2. The van der Waals surface area contributed by atoms with Crippen LogP contribution in [0.15, 0.2) is 41.3 Å². The van der Waals surface area contributed by atoms with E-state index in [1.807, 2.05) is 31.2 Å². The van der Waals surface area contributed by atoms with Gasteiger partial charge in [-0.2, -0.15) is 0 Å². The normalized spacial score (nSPS) is 11.7. The van der Waals surface area contributed by atoms with Crippen molar-refractivity contribution in [2.45, 2.75) is 31.6 Å². The highest BCUT2D eigenvalue weighted by Crippen LogP contribution is 2.24. The molecule has 114 valence electrons. The van der Waals surface area contributed by atoms with Gasteiger partial charge in [-0.05, 0) is 47.9 Å². The molecule has 0 aliphatic carbocycles. The molecule has 0 aliphatic heterocycles. The van der Waals surface area contributed by atoms with E-state index in [1.165, 1.54) is 0 Å². The number of rotatable bonds is 7. The summed E-state index contributed by atoms with van der Waals surface area (Å²) in [5.41, 5.74) is 0. The third-order valence-electron chi connectivity index (χ3n) is 3.11. The molecule has 5 heteroatoms. The van der Waals surface area contributed by atoms with E-state index in [4.69, 9.17) is 4.74 Å². The quantitative estimate of drug-likeness (QED) is 0.853. The van der Waals surface area contributed by atoms with Gasteiger partial charge in [0.05, 0.1) is 11.5 Å². The predicted molar refractivity (Wildman–Crippen MR) is 85.2 cm³/mol. The molecule has 0 saturated heterocycles. The van der Waals surface area contributed by atoms with Crippen molar-refractivity contribution in [3.63, 3.8) is 0 Å². The average Bonchev–Trinajstić information content (AvgIpc) is 2.50. The third kappa shape index (κ3) is 3.95. The van der Waals surface area contributed by atoms with Gasteiger partial charge in [0.25, 0.3) is 0 Å². The minimum absolute atomic E-state index is 0.297. The number of nitrogens with one attached hydrogen (secondary N) is 1. The van der Waals surface area contributed by atoms with Crippen LogP contribution in [-0.2, 0) is 10.0 Å². The summed E-state index contributed by atoms with van der Waals surface area (Å²) in [6.07, 6.45) is 1.73. The van der Waals surface area contributed by atoms with E-state index in [-0.39, 0.29) is 0 Å². The Bertz CT molecular complexity index is 711. The van der Waals surface area contributed by atoms with Gasteiger partial charge < -0.3 is 4.74 Å². The zero-order chi connectivity index (χ0) is 15.3. The zero-order valence-corrected chi connectivity index (χ0v) is 13.2. The third-order valence-corrected chi connectivity index (χ3v) is 4.57. The van der Waals surface area contributed by atoms with Gasteiger partial charge in [-0.25, -0.2) is 13.1 Å². The van der Waals surface area contributed by atoms with Crippen LogP contribution in [-0.4, -0.2) is 21.6 Å². The maximum Gasteiger partial charge on any atom is 0.240 e. The standard InChI is InChI=1S/C16H21NO3S/c1-3-9-17-21(18,19)16-8-6-13-11-15(20-10-4-2)7-5-14(13)12-16/h5-8,11-12,17H,3-4,9-10H2,1-2H3. The Morgan fingerprint density at radius 2 is 1.71 bits per heavy atom. The molecule has 0 heterocycles. The molecule has 0 aliphatic rings. The number of hydrogen-bond donors (Lipinski definition) is 1. The number of ether oxygens (including phenoxy) is 1. The Labute approximate surface area is 126 Å². The number of fused-ring (bicyclic) bond motifs is 1. The topological polar surface area (TPSA) is 55.4 Å². The molecule has 2 rings (SSSR count). The van der Waals surface area contributed by atoms with Crippen molar-refractivity contribution in [1.29, 1.82) is 0 Å². The van der Waals surface area contributed by atoms with Crippen LogP contribution in [0.3, 0.4) is 0 Å². The first-order valence-corrected chi connectivity index (χ1v) is 8.71. The fourth-order valence-electron chi connectivity index (χ4n) is 2.00. The second-order valence-corrected chi connectivity index (χ2v) is 6.68. The predicted octanol–water partition coefficient (Wildman–Crippen LogP) is 3.32. The van der Waals surface area contributed by atoms with E-state index in [0.717, 1.165) is 29.4 Å². The molecule has 21 heavy (non-hydrogen) atoms.